The number of nitrogens with zero attached hydrogens (tertiary/aromatic N) is 3. The van der Waals surface area contributed by atoms with Gasteiger partial charge in [0.25, 0.3) is 0 Å². The Kier molecular flexibility index (Phi) is 4.52. The normalized spacial score (nSPS) is 16.8. The molecule has 0 amide bonds. The molecule has 1 heterocycles. The first-order valence-electron chi connectivity index (χ1n) is 6.39. The van der Waals surface area contributed by atoms with Crippen LogP contribution in [0.2, 0.25) is 0 Å². The van der Waals surface area contributed by atoms with Gasteiger partial charge in [0.2, 0.25) is 0 Å². The Balaban J connectivity index is 1.94. The fourth-order valence-electron chi connectivity index (χ4n) is 2.00. The Morgan fingerprint density at radius 1 is 1.21 bits per heavy atom. The van der Waals surface area contributed by atoms with Crippen LogP contribution in [0.4, 0.5) is 5.69 Å². The molecule has 1 fully saturated rings. The van der Waals surface area contributed by atoms with Crippen LogP contribution in [0.15, 0.2) is 29.4 Å². The number of oxime groups is 1. The molecule has 1 aliphatic rings. The summed E-state index contributed by atoms with van der Waals surface area (Å²) in [6, 6.07) is 8.09. The molecule has 1 saturated heterocycles. The second kappa shape index (κ2) is 6.33. The van der Waals surface area contributed by atoms with Gasteiger partial charge in [-0.15, -0.1) is 0 Å². The fraction of sp³-hybridized carbons (Fsp3) is 0.429. The minimum absolute atomic E-state index is 0.412. The van der Waals surface area contributed by atoms with Crippen molar-refractivity contribution in [2.24, 2.45) is 5.16 Å². The Bertz CT molecular complexity index is 448. The molecule has 0 aromatic heterocycles. The van der Waals surface area contributed by atoms with E-state index in [1.165, 1.54) is 18.8 Å². The van der Waals surface area contributed by atoms with Gasteiger partial charge in [-0.2, -0.15) is 0 Å². The lowest BCUT2D eigenvalue weighted by molar-refractivity contribution is -0.140. The van der Waals surface area contributed by atoms with Crippen molar-refractivity contribution in [1.82, 2.24) is 4.90 Å². The first-order valence-corrected chi connectivity index (χ1v) is 6.39. The van der Waals surface area contributed by atoms with Crippen molar-refractivity contribution in [3.8, 4) is 0 Å². The molecular formula is C14H19N3O2. The van der Waals surface area contributed by atoms with Gasteiger partial charge in [0.1, 0.15) is 0 Å². The van der Waals surface area contributed by atoms with E-state index < -0.39 is 5.97 Å². The van der Waals surface area contributed by atoms with Crippen LogP contribution in [0, 0.1) is 0 Å². The molecule has 0 aliphatic carbocycles. The zero-order chi connectivity index (χ0) is 13.7. The van der Waals surface area contributed by atoms with Crippen LogP contribution in [0.5, 0.6) is 0 Å². The zero-order valence-corrected chi connectivity index (χ0v) is 11.4. The van der Waals surface area contributed by atoms with E-state index in [2.05, 4.69) is 39.0 Å². The number of carbonyl (C=O) groups is 1. The summed E-state index contributed by atoms with van der Waals surface area (Å²) in [5.41, 5.74) is 2.14. The van der Waals surface area contributed by atoms with Gasteiger partial charge in [-0.1, -0.05) is 17.3 Å². The molecule has 0 unspecified atom stereocenters. The Hall–Kier alpha value is -1.88. The highest BCUT2D eigenvalue weighted by Crippen LogP contribution is 2.16. The van der Waals surface area contributed by atoms with Crippen LogP contribution in [0.3, 0.4) is 0 Å². The molecule has 5 heteroatoms. The predicted octanol–water partition coefficient (Wildman–Crippen LogP) is 1.34. The maximum atomic E-state index is 10.6. The van der Waals surface area contributed by atoms with Crippen molar-refractivity contribution in [3.63, 3.8) is 0 Å². The van der Waals surface area contributed by atoms with Crippen molar-refractivity contribution in [2.75, 3.05) is 38.1 Å². The smallest absolute Gasteiger partial charge is 0.331 e. The molecule has 0 atom stereocenters. The summed E-state index contributed by atoms with van der Waals surface area (Å²) in [4.78, 5) is 19.8. The minimum Gasteiger partial charge on any atom is -0.369 e. The van der Waals surface area contributed by atoms with Gasteiger partial charge in [-0.25, -0.2) is 4.79 Å². The molecule has 0 radical (unpaired) electrons. The molecule has 0 spiro atoms. The van der Waals surface area contributed by atoms with Gasteiger partial charge in [0.15, 0.2) is 0 Å². The van der Waals surface area contributed by atoms with Gasteiger partial charge in [0, 0.05) is 38.8 Å². The third-order valence-corrected chi connectivity index (χ3v) is 3.14. The molecule has 5 nitrogen and oxygen atoms in total. The molecule has 1 aromatic carbocycles. The molecule has 0 bridgehead atoms. The molecular weight excluding hydrogens is 242 g/mol. The highest BCUT2D eigenvalue weighted by Gasteiger charge is 2.13. The summed E-state index contributed by atoms with van der Waals surface area (Å²) in [5, 5.41) is 3.60. The second-order valence-corrected chi connectivity index (χ2v) is 4.70. The van der Waals surface area contributed by atoms with E-state index in [0.29, 0.717) is 0 Å². The van der Waals surface area contributed by atoms with Crippen LogP contribution >= 0.6 is 0 Å². The molecule has 0 saturated carbocycles. The van der Waals surface area contributed by atoms with Crippen molar-refractivity contribution >= 4 is 17.9 Å². The number of piperazine rings is 1. The standard InChI is InChI=1S/C14H19N3O2/c1-12(18)19-15-11-13-3-5-14(6-4-13)17-9-7-16(2)8-10-17/h3-6,11H,7-10H2,1-2H3. The third kappa shape index (κ3) is 4.06. The molecule has 2 rings (SSSR count). The topological polar surface area (TPSA) is 45.1 Å². The lowest BCUT2D eigenvalue weighted by atomic mass is 10.2. The highest BCUT2D eigenvalue weighted by molar-refractivity contribution is 5.80. The first-order chi connectivity index (χ1) is 9.15. The Morgan fingerprint density at radius 2 is 1.84 bits per heavy atom. The van der Waals surface area contributed by atoms with Gasteiger partial charge in [0.05, 0.1) is 6.21 Å². The lowest BCUT2D eigenvalue weighted by Crippen LogP contribution is -2.44. The number of hydrogen-bond acceptors (Lipinski definition) is 5. The predicted molar refractivity (Wildman–Crippen MR) is 75.5 cm³/mol. The van der Waals surface area contributed by atoms with E-state index in [1.807, 2.05) is 12.1 Å². The number of hydrogen-bond donors (Lipinski definition) is 0. The van der Waals surface area contributed by atoms with Crippen molar-refractivity contribution in [2.45, 2.75) is 6.92 Å². The second-order valence-electron chi connectivity index (χ2n) is 4.70. The van der Waals surface area contributed by atoms with Crippen molar-refractivity contribution in [3.05, 3.63) is 29.8 Å². The van der Waals surface area contributed by atoms with Gasteiger partial charge >= 0.3 is 5.97 Å². The van der Waals surface area contributed by atoms with E-state index in [-0.39, 0.29) is 0 Å². The summed E-state index contributed by atoms with van der Waals surface area (Å²) >= 11 is 0. The minimum atomic E-state index is -0.412. The van der Waals surface area contributed by atoms with Gasteiger partial charge in [-0.05, 0) is 24.7 Å². The fourth-order valence-corrected chi connectivity index (χ4v) is 2.00. The number of rotatable bonds is 3. The summed E-state index contributed by atoms with van der Waals surface area (Å²) in [5.74, 6) is -0.412. The summed E-state index contributed by atoms with van der Waals surface area (Å²) < 4.78 is 0. The molecule has 102 valence electrons. The summed E-state index contributed by atoms with van der Waals surface area (Å²) in [6.45, 7) is 5.62. The van der Waals surface area contributed by atoms with Crippen LogP contribution in [0.25, 0.3) is 0 Å². The Morgan fingerprint density at radius 3 is 2.42 bits per heavy atom. The van der Waals surface area contributed by atoms with E-state index in [9.17, 15) is 4.79 Å². The lowest BCUT2D eigenvalue weighted by Gasteiger charge is -2.34. The molecule has 1 aromatic rings. The van der Waals surface area contributed by atoms with Crippen LogP contribution < -0.4 is 4.90 Å². The summed E-state index contributed by atoms with van der Waals surface area (Å²) in [7, 11) is 2.14. The largest absolute Gasteiger partial charge is 0.369 e. The van der Waals surface area contributed by atoms with E-state index in [4.69, 9.17) is 0 Å². The van der Waals surface area contributed by atoms with Crippen LogP contribution in [-0.4, -0.2) is 50.3 Å². The SMILES string of the molecule is CC(=O)ON=Cc1ccc(N2CCN(C)CC2)cc1. The maximum absolute atomic E-state index is 10.6. The molecule has 1 aliphatic heterocycles. The van der Waals surface area contributed by atoms with Crippen molar-refractivity contribution in [1.29, 1.82) is 0 Å². The maximum Gasteiger partial charge on any atom is 0.331 e. The average molecular weight is 261 g/mol. The van der Waals surface area contributed by atoms with Crippen LogP contribution in [0.1, 0.15) is 12.5 Å². The molecule has 19 heavy (non-hydrogen) atoms. The number of anilines is 1. The molecule has 0 N–H and O–H groups in total. The monoisotopic (exact) mass is 261 g/mol. The van der Waals surface area contributed by atoms with E-state index >= 15 is 0 Å². The number of likely N-dealkylation sites (N-methyl/N-ethyl adjacent to an activating group) is 1. The highest BCUT2D eigenvalue weighted by atomic mass is 16.7. The number of carbonyl (C=O) groups excluding carboxylic acids is 1. The quantitative estimate of drug-likeness (QED) is 0.468. The summed E-state index contributed by atoms with van der Waals surface area (Å²) in [6.07, 6.45) is 1.54. The third-order valence-electron chi connectivity index (χ3n) is 3.14. The first kappa shape index (κ1) is 13.5. The average Bonchev–Trinajstić information content (AvgIpc) is 2.40. The van der Waals surface area contributed by atoms with Gasteiger partial charge in [-0.3, -0.25) is 0 Å². The number of benzene rings is 1. The Labute approximate surface area is 113 Å². The van der Waals surface area contributed by atoms with Crippen LogP contribution in [-0.2, 0) is 9.63 Å². The van der Waals surface area contributed by atoms with Gasteiger partial charge < -0.3 is 14.6 Å². The zero-order valence-electron chi connectivity index (χ0n) is 11.4. The van der Waals surface area contributed by atoms with E-state index in [1.54, 1.807) is 0 Å². The van der Waals surface area contributed by atoms with E-state index in [0.717, 1.165) is 31.7 Å². The van der Waals surface area contributed by atoms with Crippen molar-refractivity contribution < 1.29 is 9.63 Å².